The summed E-state index contributed by atoms with van der Waals surface area (Å²) in [6.45, 7) is 7.43. The van der Waals surface area contributed by atoms with E-state index in [9.17, 15) is 14.4 Å². The second-order valence-corrected chi connectivity index (χ2v) is 9.35. The number of benzene rings is 2. The molecular formula is C28H28N2O6S. The third-order valence-electron chi connectivity index (χ3n) is 5.77. The molecule has 4 rings (SSSR count). The quantitative estimate of drug-likeness (QED) is 0.424. The van der Waals surface area contributed by atoms with Crippen LogP contribution in [0.5, 0.6) is 5.75 Å². The average Bonchev–Trinajstić information content (AvgIpc) is 3.17. The van der Waals surface area contributed by atoms with Crippen molar-refractivity contribution in [2.24, 2.45) is 4.99 Å². The molecule has 9 heteroatoms. The maximum atomic E-state index is 13.8. The first-order valence-corrected chi connectivity index (χ1v) is 12.8. The van der Waals surface area contributed by atoms with E-state index in [2.05, 4.69) is 4.99 Å². The predicted octanol–water partition coefficient (Wildman–Crippen LogP) is 3.05. The van der Waals surface area contributed by atoms with Gasteiger partial charge in [0.05, 0.1) is 35.1 Å². The van der Waals surface area contributed by atoms with Crippen molar-refractivity contribution in [3.63, 3.8) is 0 Å². The molecule has 0 unspecified atom stereocenters. The van der Waals surface area contributed by atoms with E-state index < -0.39 is 18.0 Å². The normalized spacial score (nSPS) is 15.1. The van der Waals surface area contributed by atoms with Crippen molar-refractivity contribution in [1.29, 1.82) is 0 Å². The fourth-order valence-corrected chi connectivity index (χ4v) is 5.10. The molecule has 0 N–H and O–H groups in total. The summed E-state index contributed by atoms with van der Waals surface area (Å²) in [6.07, 6.45) is 1.71. The SMILES string of the molecule is CCOC(=O)COc1ccccc1/C=c1\sc2n(c1=O)[C@@H](c1ccc(C)cc1)C(C(=O)OCC)=C(C)N=2. The first-order valence-electron chi connectivity index (χ1n) is 12.0. The highest BCUT2D eigenvalue weighted by molar-refractivity contribution is 7.07. The molecule has 1 aliphatic rings. The van der Waals surface area contributed by atoms with Gasteiger partial charge in [0, 0.05) is 5.56 Å². The Bertz CT molecular complexity index is 1530. The van der Waals surface area contributed by atoms with Gasteiger partial charge in [-0.3, -0.25) is 9.36 Å². The maximum Gasteiger partial charge on any atom is 0.344 e. The number of para-hydroxylation sites is 1. The Morgan fingerprint density at radius 2 is 1.73 bits per heavy atom. The van der Waals surface area contributed by atoms with E-state index in [1.54, 1.807) is 49.6 Å². The Kier molecular flexibility index (Phi) is 8.03. The van der Waals surface area contributed by atoms with Gasteiger partial charge in [0.1, 0.15) is 5.75 Å². The van der Waals surface area contributed by atoms with Crippen LogP contribution in [0.3, 0.4) is 0 Å². The predicted molar refractivity (Wildman–Crippen MR) is 140 cm³/mol. The molecule has 0 saturated carbocycles. The highest BCUT2D eigenvalue weighted by Crippen LogP contribution is 2.31. The molecule has 0 aliphatic carbocycles. The minimum absolute atomic E-state index is 0.212. The largest absolute Gasteiger partial charge is 0.481 e. The van der Waals surface area contributed by atoms with E-state index in [0.717, 1.165) is 11.1 Å². The van der Waals surface area contributed by atoms with E-state index in [-0.39, 0.29) is 25.4 Å². The lowest BCUT2D eigenvalue weighted by Gasteiger charge is -2.24. The number of carbonyl (C=O) groups excluding carboxylic acids is 2. The molecule has 0 bridgehead atoms. The lowest BCUT2D eigenvalue weighted by molar-refractivity contribution is -0.145. The van der Waals surface area contributed by atoms with Crippen molar-refractivity contribution in [1.82, 2.24) is 4.57 Å². The smallest absolute Gasteiger partial charge is 0.344 e. The Labute approximate surface area is 218 Å². The van der Waals surface area contributed by atoms with E-state index >= 15 is 0 Å². The van der Waals surface area contributed by atoms with Crippen molar-refractivity contribution < 1.29 is 23.8 Å². The van der Waals surface area contributed by atoms with Gasteiger partial charge in [-0.2, -0.15) is 0 Å². The zero-order valence-corrected chi connectivity index (χ0v) is 22.0. The zero-order valence-electron chi connectivity index (χ0n) is 21.1. The topological polar surface area (TPSA) is 96.2 Å². The molecule has 0 saturated heterocycles. The van der Waals surface area contributed by atoms with Crippen LogP contribution in [0.15, 0.2) is 69.6 Å². The van der Waals surface area contributed by atoms with Crippen LogP contribution in [0.1, 0.15) is 43.5 Å². The molecule has 192 valence electrons. The van der Waals surface area contributed by atoms with E-state index in [4.69, 9.17) is 14.2 Å². The van der Waals surface area contributed by atoms with Gasteiger partial charge in [-0.15, -0.1) is 0 Å². The van der Waals surface area contributed by atoms with Gasteiger partial charge in [0.15, 0.2) is 11.4 Å². The Balaban J connectivity index is 1.84. The molecule has 37 heavy (non-hydrogen) atoms. The number of rotatable bonds is 8. The first-order chi connectivity index (χ1) is 17.8. The molecule has 8 nitrogen and oxygen atoms in total. The van der Waals surface area contributed by atoms with Gasteiger partial charge in [-0.05, 0) is 45.4 Å². The number of aromatic nitrogens is 1. The van der Waals surface area contributed by atoms with Crippen LogP contribution in [0.25, 0.3) is 6.08 Å². The molecule has 1 aliphatic heterocycles. The minimum Gasteiger partial charge on any atom is -0.481 e. The molecular weight excluding hydrogens is 492 g/mol. The van der Waals surface area contributed by atoms with Gasteiger partial charge in [0.2, 0.25) is 0 Å². The lowest BCUT2D eigenvalue weighted by atomic mass is 9.95. The van der Waals surface area contributed by atoms with E-state index in [1.165, 1.54) is 11.3 Å². The number of ether oxygens (including phenoxy) is 3. The molecule has 2 heterocycles. The Hall–Kier alpha value is -3.98. The lowest BCUT2D eigenvalue weighted by Crippen LogP contribution is -2.39. The summed E-state index contributed by atoms with van der Waals surface area (Å²) in [5.41, 5.74) is 3.04. The summed E-state index contributed by atoms with van der Waals surface area (Å²) in [7, 11) is 0. The average molecular weight is 521 g/mol. The van der Waals surface area contributed by atoms with Crippen molar-refractivity contribution in [2.75, 3.05) is 19.8 Å². The summed E-state index contributed by atoms with van der Waals surface area (Å²) >= 11 is 1.23. The fourth-order valence-electron chi connectivity index (χ4n) is 4.07. The number of carbonyl (C=O) groups is 2. The maximum absolute atomic E-state index is 13.8. The number of esters is 2. The standard InChI is InChI=1S/C28H28N2O6S/c1-5-34-23(31)16-36-21-10-8-7-9-20(21)15-22-26(32)30-25(19-13-11-17(3)12-14-19)24(27(33)35-6-2)18(4)29-28(30)37-22/h7-15,25H,5-6,16H2,1-4H3/b22-15-/t25-/m0/s1. The van der Waals surface area contributed by atoms with Crippen molar-refractivity contribution in [2.45, 2.75) is 33.7 Å². The second-order valence-electron chi connectivity index (χ2n) is 8.34. The number of nitrogens with zero attached hydrogens (tertiary/aromatic N) is 2. The van der Waals surface area contributed by atoms with Crippen LogP contribution in [0.2, 0.25) is 0 Å². The second kappa shape index (κ2) is 11.4. The summed E-state index contributed by atoms with van der Waals surface area (Å²) in [6, 6.07) is 14.2. The van der Waals surface area contributed by atoms with Crippen molar-refractivity contribution in [3.05, 3.63) is 96.2 Å². The number of hydrogen-bond acceptors (Lipinski definition) is 8. The molecule has 0 spiro atoms. The van der Waals surface area contributed by atoms with Crippen LogP contribution >= 0.6 is 11.3 Å². The van der Waals surface area contributed by atoms with Crippen LogP contribution < -0.4 is 19.6 Å². The highest BCUT2D eigenvalue weighted by atomic mass is 32.1. The summed E-state index contributed by atoms with van der Waals surface area (Å²) in [5.74, 6) is -0.530. The molecule has 2 aromatic carbocycles. The number of aryl methyl sites for hydroxylation is 1. The number of fused-ring (bicyclic) bond motifs is 1. The summed E-state index contributed by atoms with van der Waals surface area (Å²) in [5, 5.41) is 0. The third-order valence-corrected chi connectivity index (χ3v) is 6.75. The number of hydrogen-bond donors (Lipinski definition) is 0. The van der Waals surface area contributed by atoms with Gasteiger partial charge in [-0.1, -0.05) is 59.4 Å². The van der Waals surface area contributed by atoms with E-state index in [1.807, 2.05) is 37.3 Å². The fraction of sp³-hybridized carbons (Fsp3) is 0.286. The summed E-state index contributed by atoms with van der Waals surface area (Å²) in [4.78, 5) is 43.6. The van der Waals surface area contributed by atoms with Crippen molar-refractivity contribution >= 4 is 29.4 Å². The van der Waals surface area contributed by atoms with Gasteiger partial charge in [0.25, 0.3) is 5.56 Å². The van der Waals surface area contributed by atoms with Gasteiger partial charge >= 0.3 is 11.9 Å². The third kappa shape index (κ3) is 5.56. The Morgan fingerprint density at radius 1 is 1.03 bits per heavy atom. The van der Waals surface area contributed by atoms with Crippen molar-refractivity contribution in [3.8, 4) is 5.75 Å². The van der Waals surface area contributed by atoms with Gasteiger partial charge in [-0.25, -0.2) is 14.6 Å². The highest BCUT2D eigenvalue weighted by Gasteiger charge is 2.33. The molecule has 0 fully saturated rings. The zero-order chi connectivity index (χ0) is 26.5. The number of thiazole rings is 1. The summed E-state index contributed by atoms with van der Waals surface area (Å²) < 4.78 is 17.9. The van der Waals surface area contributed by atoms with Crippen LogP contribution in [-0.2, 0) is 19.1 Å². The monoisotopic (exact) mass is 520 g/mol. The first kappa shape index (κ1) is 26.1. The Morgan fingerprint density at radius 3 is 2.43 bits per heavy atom. The molecule has 1 atom stereocenters. The molecule has 3 aromatic rings. The van der Waals surface area contributed by atoms with Crippen LogP contribution in [0.4, 0.5) is 0 Å². The number of allylic oxidation sites excluding steroid dienone is 1. The molecule has 0 radical (unpaired) electrons. The van der Waals surface area contributed by atoms with Crippen LogP contribution in [-0.4, -0.2) is 36.3 Å². The molecule has 1 aromatic heterocycles. The minimum atomic E-state index is -0.673. The molecule has 0 amide bonds. The van der Waals surface area contributed by atoms with E-state index in [0.29, 0.717) is 31.9 Å². The van der Waals surface area contributed by atoms with Crippen LogP contribution in [0, 0.1) is 6.92 Å². The van der Waals surface area contributed by atoms with Gasteiger partial charge < -0.3 is 14.2 Å².